The van der Waals surface area contributed by atoms with Crippen molar-refractivity contribution in [3.8, 4) is 22.8 Å². The highest BCUT2D eigenvalue weighted by molar-refractivity contribution is 6.07. The third kappa shape index (κ3) is 9.08. The van der Waals surface area contributed by atoms with Crippen molar-refractivity contribution in [1.82, 2.24) is 35.0 Å². The van der Waals surface area contributed by atoms with Gasteiger partial charge in [0.1, 0.15) is 25.0 Å². The zero-order chi connectivity index (χ0) is 39.4. The summed E-state index contributed by atoms with van der Waals surface area (Å²) in [5.74, 6) is -2.83. The molecule has 0 bridgehead atoms. The Morgan fingerprint density at radius 2 is 1.67 bits per heavy atom. The molecule has 0 spiro atoms. The van der Waals surface area contributed by atoms with Crippen LogP contribution in [0.4, 0.5) is 8.78 Å². The van der Waals surface area contributed by atoms with Gasteiger partial charge in [-0.2, -0.15) is 0 Å². The lowest BCUT2D eigenvalue weighted by Crippen LogP contribution is -2.49. The van der Waals surface area contributed by atoms with Crippen molar-refractivity contribution in [3.05, 3.63) is 96.6 Å². The summed E-state index contributed by atoms with van der Waals surface area (Å²) in [6.07, 6.45) is 8.17. The van der Waals surface area contributed by atoms with Gasteiger partial charge in [0.25, 0.3) is 5.91 Å². The molecule has 2 amide bonds. The molecule has 2 N–H and O–H groups in total. The number of nitrogens with one attached hydrogen (secondary N) is 2. The highest BCUT2D eigenvalue weighted by Gasteiger charge is 2.38. The van der Waals surface area contributed by atoms with E-state index in [0.717, 1.165) is 78.6 Å². The predicted octanol–water partition coefficient (Wildman–Crippen LogP) is 6.03. The van der Waals surface area contributed by atoms with Gasteiger partial charge in [0.2, 0.25) is 11.8 Å². The Kier molecular flexibility index (Phi) is 11.4. The Bertz CT molecular complexity index is 2240. The topological polar surface area (TPSA) is 125 Å². The molecule has 0 saturated carbocycles. The fourth-order valence-electron chi connectivity index (χ4n) is 7.79. The average molecular weight is 780 g/mol. The van der Waals surface area contributed by atoms with Gasteiger partial charge in [-0.05, 0) is 79.8 Å². The normalized spacial score (nSPS) is 18.0. The summed E-state index contributed by atoms with van der Waals surface area (Å²) in [4.78, 5) is 43.9. The van der Waals surface area contributed by atoms with Gasteiger partial charge in [-0.3, -0.25) is 19.5 Å². The van der Waals surface area contributed by atoms with Crippen LogP contribution < -0.4 is 14.8 Å². The number of pyridine rings is 2. The standard InChI is InChI=1S/C43H47F2N7O5/c1-29-4-10-39(41(53)48-29)52-26-32-22-33(7-9-34(32)42(52)54)57-28-43(44,45)27-55-20-3-2-14-50-15-17-51(18-16-50)19-21-56-40-11-6-31(24-47-40)30-5-8-35-36-25-46-13-12-37(36)49-38(35)23-30/h5-9,11-13,22-25,39,49H,1-4,10,14-21,26-28H2,(H,48,53). The molecule has 14 heteroatoms. The van der Waals surface area contributed by atoms with E-state index in [1.807, 2.05) is 30.6 Å². The lowest BCUT2D eigenvalue weighted by atomic mass is 10.0. The molecule has 1 unspecified atom stereocenters. The fraction of sp³-hybridized carbons (Fsp3) is 0.395. The van der Waals surface area contributed by atoms with Crippen LogP contribution in [0, 0.1) is 0 Å². The summed E-state index contributed by atoms with van der Waals surface area (Å²) < 4.78 is 45.9. The first kappa shape index (κ1) is 38.4. The molecule has 3 aliphatic heterocycles. The molecule has 3 aromatic heterocycles. The Balaban J connectivity index is 0.678. The predicted molar refractivity (Wildman–Crippen MR) is 212 cm³/mol. The van der Waals surface area contributed by atoms with Crippen molar-refractivity contribution in [1.29, 1.82) is 0 Å². The molecule has 0 radical (unpaired) electrons. The number of aromatic amines is 1. The second-order valence-corrected chi connectivity index (χ2v) is 15.0. The van der Waals surface area contributed by atoms with Crippen LogP contribution in [0.15, 0.2) is 85.5 Å². The van der Waals surface area contributed by atoms with E-state index < -0.39 is 25.2 Å². The van der Waals surface area contributed by atoms with Crippen LogP contribution in [0.2, 0.25) is 0 Å². The van der Waals surface area contributed by atoms with Gasteiger partial charge < -0.3 is 34.3 Å². The van der Waals surface area contributed by atoms with Crippen LogP contribution >= 0.6 is 0 Å². The Hall–Kier alpha value is -5.44. The van der Waals surface area contributed by atoms with Crippen LogP contribution in [0.25, 0.3) is 32.9 Å². The number of rotatable bonds is 16. The zero-order valence-corrected chi connectivity index (χ0v) is 31.9. The number of nitrogens with zero attached hydrogens (tertiary/aromatic N) is 5. The fourth-order valence-corrected chi connectivity index (χ4v) is 7.79. The van der Waals surface area contributed by atoms with Crippen molar-refractivity contribution in [2.75, 3.05) is 65.7 Å². The number of piperidine rings is 1. The Morgan fingerprint density at radius 3 is 2.47 bits per heavy atom. The summed E-state index contributed by atoms with van der Waals surface area (Å²) >= 11 is 0. The number of hydrogen-bond donors (Lipinski definition) is 2. The van der Waals surface area contributed by atoms with E-state index in [0.29, 0.717) is 48.6 Å². The number of H-pyrrole nitrogens is 1. The van der Waals surface area contributed by atoms with Crippen molar-refractivity contribution in [2.45, 2.75) is 44.2 Å². The quantitative estimate of drug-likeness (QED) is 0.116. The summed E-state index contributed by atoms with van der Waals surface area (Å²) in [6, 6.07) is 16.4. The highest BCUT2D eigenvalue weighted by Crippen LogP contribution is 2.32. The number of unbranched alkanes of at least 4 members (excludes halogenated alkanes) is 1. The third-order valence-electron chi connectivity index (χ3n) is 11.0. The van der Waals surface area contributed by atoms with E-state index in [4.69, 9.17) is 14.2 Å². The van der Waals surface area contributed by atoms with Crippen molar-refractivity contribution in [2.24, 2.45) is 0 Å². The van der Waals surface area contributed by atoms with Gasteiger partial charge >= 0.3 is 5.92 Å². The number of alkyl halides is 2. The van der Waals surface area contributed by atoms with E-state index >= 15 is 0 Å². The molecule has 2 saturated heterocycles. The molecule has 3 aliphatic rings. The number of benzene rings is 2. The number of carbonyl (C=O) groups is 2. The van der Waals surface area contributed by atoms with E-state index in [1.165, 1.54) is 11.0 Å². The molecule has 8 rings (SSSR count). The molecule has 57 heavy (non-hydrogen) atoms. The number of fused-ring (bicyclic) bond motifs is 4. The van der Waals surface area contributed by atoms with Crippen molar-refractivity contribution < 1.29 is 32.6 Å². The molecule has 2 fully saturated rings. The summed E-state index contributed by atoms with van der Waals surface area (Å²) in [5.41, 5.74) is 5.97. The van der Waals surface area contributed by atoms with Crippen LogP contribution in [-0.2, 0) is 16.1 Å². The largest absolute Gasteiger partial charge is 0.487 e. The molecule has 2 aromatic carbocycles. The number of piperazine rings is 1. The summed E-state index contributed by atoms with van der Waals surface area (Å²) in [6.45, 7) is 8.73. The number of ether oxygens (including phenoxy) is 3. The van der Waals surface area contributed by atoms with Crippen molar-refractivity contribution in [3.63, 3.8) is 0 Å². The molecule has 5 aromatic rings. The second kappa shape index (κ2) is 17.0. The number of aromatic nitrogens is 3. The van der Waals surface area contributed by atoms with Gasteiger partial charge in [-0.1, -0.05) is 18.7 Å². The molecule has 12 nitrogen and oxygen atoms in total. The summed E-state index contributed by atoms with van der Waals surface area (Å²) in [7, 11) is 0. The lowest BCUT2D eigenvalue weighted by Gasteiger charge is -2.34. The molecule has 6 heterocycles. The highest BCUT2D eigenvalue weighted by atomic mass is 19.3. The average Bonchev–Trinajstić information content (AvgIpc) is 3.75. The zero-order valence-electron chi connectivity index (χ0n) is 31.9. The molecular weight excluding hydrogens is 733 g/mol. The van der Waals surface area contributed by atoms with Gasteiger partial charge in [0, 0.05) is 109 Å². The molecule has 0 aliphatic carbocycles. The van der Waals surface area contributed by atoms with Crippen LogP contribution in [-0.4, -0.2) is 119 Å². The SMILES string of the molecule is C=C1CCC(N2Cc3cc(OCC(F)(F)COCCCCN4CCN(CCOc5ccc(-c6ccc7c(c6)[nH]c6ccncc67)cn5)CC4)ccc3C2=O)C(=O)N1. The first-order chi connectivity index (χ1) is 27.7. The first-order valence-electron chi connectivity index (χ1n) is 19.6. The number of carbonyl (C=O) groups excluding carboxylic acids is 2. The van der Waals surface area contributed by atoms with Crippen LogP contribution in [0.5, 0.6) is 11.6 Å². The van der Waals surface area contributed by atoms with Crippen LogP contribution in [0.1, 0.15) is 41.6 Å². The van der Waals surface area contributed by atoms with Gasteiger partial charge in [0.05, 0.1) is 0 Å². The number of amides is 2. The summed E-state index contributed by atoms with van der Waals surface area (Å²) in [5, 5.41) is 4.97. The third-order valence-corrected chi connectivity index (χ3v) is 11.0. The van der Waals surface area contributed by atoms with E-state index in [2.05, 4.69) is 54.8 Å². The first-order valence-corrected chi connectivity index (χ1v) is 19.6. The van der Waals surface area contributed by atoms with Gasteiger partial charge in [-0.25, -0.2) is 13.8 Å². The van der Waals surface area contributed by atoms with Crippen LogP contribution in [0.3, 0.4) is 0 Å². The number of halogens is 2. The lowest BCUT2D eigenvalue weighted by molar-refractivity contribution is -0.126. The maximum atomic E-state index is 14.6. The molecule has 1 atom stereocenters. The minimum absolute atomic E-state index is 0.222. The molecular formula is C43H47F2N7O5. The molecule has 298 valence electrons. The maximum Gasteiger partial charge on any atom is 0.304 e. The van der Waals surface area contributed by atoms with E-state index in [-0.39, 0.29) is 30.7 Å². The van der Waals surface area contributed by atoms with Gasteiger partial charge in [-0.15, -0.1) is 0 Å². The number of hydrogen-bond acceptors (Lipinski definition) is 9. The minimum Gasteiger partial charge on any atom is -0.487 e. The van der Waals surface area contributed by atoms with E-state index in [1.54, 1.807) is 18.3 Å². The monoisotopic (exact) mass is 779 g/mol. The number of allylic oxidation sites excluding steroid dienone is 1. The Morgan fingerprint density at radius 1 is 0.842 bits per heavy atom. The Labute approximate surface area is 329 Å². The maximum absolute atomic E-state index is 14.6. The smallest absolute Gasteiger partial charge is 0.304 e. The van der Waals surface area contributed by atoms with Crippen molar-refractivity contribution >= 4 is 33.6 Å². The van der Waals surface area contributed by atoms with E-state index in [9.17, 15) is 18.4 Å². The minimum atomic E-state index is -3.17. The van der Waals surface area contributed by atoms with Gasteiger partial charge in [0.15, 0.2) is 6.61 Å². The second-order valence-electron chi connectivity index (χ2n) is 15.0.